The largest absolute Gasteiger partial charge is 0.325 e. The van der Waals surface area contributed by atoms with E-state index in [2.05, 4.69) is 15.7 Å². The van der Waals surface area contributed by atoms with Gasteiger partial charge >= 0.3 is 6.03 Å². The third kappa shape index (κ3) is 3.62. The number of imide groups is 1. The van der Waals surface area contributed by atoms with E-state index in [-0.39, 0.29) is 12.5 Å². The van der Waals surface area contributed by atoms with Gasteiger partial charge in [0.1, 0.15) is 12.1 Å². The number of nitrogens with one attached hydrogen (secondary N) is 2. The maximum Gasteiger partial charge on any atom is 0.325 e. The Labute approximate surface area is 162 Å². The van der Waals surface area contributed by atoms with Gasteiger partial charge in [0, 0.05) is 18.1 Å². The van der Waals surface area contributed by atoms with Gasteiger partial charge in [-0.2, -0.15) is 5.10 Å². The fourth-order valence-electron chi connectivity index (χ4n) is 3.99. The van der Waals surface area contributed by atoms with E-state index in [0.29, 0.717) is 25.1 Å². The Bertz CT molecular complexity index is 887. The van der Waals surface area contributed by atoms with Crippen LogP contribution in [0.2, 0.25) is 0 Å². The van der Waals surface area contributed by atoms with E-state index in [4.69, 9.17) is 0 Å². The van der Waals surface area contributed by atoms with E-state index in [1.165, 1.54) is 0 Å². The lowest BCUT2D eigenvalue weighted by molar-refractivity contribution is -0.134. The molecule has 2 aromatic rings. The molecule has 28 heavy (non-hydrogen) atoms. The standard InChI is InChI=1S/C20H23N5O3/c26-17(14-25-18(27)20(23-19(25)28)8-2-1-3-9-20)22-16-7-4-6-15(12-16)13-24-11-5-10-21-24/h4-7,10-12H,1-3,8-9,13-14H2,(H,22,26)(H,23,28). The normalized spacial score (nSPS) is 18.4. The van der Waals surface area contributed by atoms with Crippen LogP contribution in [0.4, 0.5) is 10.5 Å². The highest BCUT2D eigenvalue weighted by Gasteiger charge is 2.51. The average molecular weight is 381 g/mol. The first kappa shape index (κ1) is 18.2. The molecule has 0 radical (unpaired) electrons. The van der Waals surface area contributed by atoms with Crippen LogP contribution in [-0.2, 0) is 16.1 Å². The maximum atomic E-state index is 12.8. The summed E-state index contributed by atoms with van der Waals surface area (Å²) in [5, 5.41) is 9.77. The van der Waals surface area contributed by atoms with Crippen molar-refractivity contribution >= 4 is 23.5 Å². The Kier molecular flexibility index (Phi) is 4.85. The molecule has 146 valence electrons. The van der Waals surface area contributed by atoms with Crippen LogP contribution in [0.3, 0.4) is 0 Å². The zero-order valence-corrected chi connectivity index (χ0v) is 15.6. The van der Waals surface area contributed by atoms with Gasteiger partial charge in [-0.15, -0.1) is 0 Å². The first-order valence-electron chi connectivity index (χ1n) is 9.56. The molecule has 2 N–H and O–H groups in total. The molecule has 4 amide bonds. The molecule has 2 aliphatic rings. The van der Waals surface area contributed by atoms with Gasteiger partial charge in [-0.25, -0.2) is 4.79 Å². The molecule has 4 rings (SSSR count). The number of benzene rings is 1. The predicted molar refractivity (Wildman–Crippen MR) is 102 cm³/mol. The second-order valence-electron chi connectivity index (χ2n) is 7.42. The molecule has 0 unspecified atom stereocenters. The van der Waals surface area contributed by atoms with Crippen molar-refractivity contribution in [1.82, 2.24) is 20.0 Å². The Morgan fingerprint density at radius 2 is 2.00 bits per heavy atom. The molecule has 1 saturated carbocycles. The van der Waals surface area contributed by atoms with Crippen LogP contribution in [0.15, 0.2) is 42.7 Å². The molecule has 8 nitrogen and oxygen atoms in total. The van der Waals surface area contributed by atoms with E-state index in [1.54, 1.807) is 16.9 Å². The number of amides is 4. The SMILES string of the molecule is O=C(CN1C(=O)NC2(CCCCC2)C1=O)Nc1cccc(Cn2cccn2)c1. The zero-order valence-electron chi connectivity index (χ0n) is 15.6. The summed E-state index contributed by atoms with van der Waals surface area (Å²) < 4.78 is 1.79. The van der Waals surface area contributed by atoms with Crippen molar-refractivity contribution in [2.45, 2.75) is 44.2 Å². The number of aromatic nitrogens is 2. The van der Waals surface area contributed by atoms with E-state index in [0.717, 1.165) is 29.7 Å². The van der Waals surface area contributed by atoms with Gasteiger partial charge in [-0.1, -0.05) is 31.4 Å². The minimum atomic E-state index is -0.806. The van der Waals surface area contributed by atoms with Gasteiger partial charge in [-0.05, 0) is 36.6 Å². The maximum absolute atomic E-state index is 12.8. The minimum absolute atomic E-state index is 0.278. The second-order valence-corrected chi connectivity index (χ2v) is 7.42. The number of nitrogens with zero attached hydrogens (tertiary/aromatic N) is 3. The highest BCUT2D eigenvalue weighted by Crippen LogP contribution is 2.33. The molecule has 1 aromatic heterocycles. The van der Waals surface area contributed by atoms with Gasteiger partial charge in [0.25, 0.3) is 5.91 Å². The smallest absolute Gasteiger partial charge is 0.325 e. The number of hydrogen-bond acceptors (Lipinski definition) is 4. The fourth-order valence-corrected chi connectivity index (χ4v) is 3.99. The van der Waals surface area contributed by atoms with Crippen molar-refractivity contribution in [2.75, 3.05) is 11.9 Å². The highest BCUT2D eigenvalue weighted by atomic mass is 16.2. The van der Waals surface area contributed by atoms with Crippen LogP contribution in [0, 0.1) is 0 Å². The van der Waals surface area contributed by atoms with Crippen molar-refractivity contribution in [1.29, 1.82) is 0 Å². The van der Waals surface area contributed by atoms with Crippen LogP contribution in [0.5, 0.6) is 0 Å². The van der Waals surface area contributed by atoms with Crippen molar-refractivity contribution in [2.24, 2.45) is 0 Å². The van der Waals surface area contributed by atoms with Gasteiger partial charge < -0.3 is 10.6 Å². The molecule has 1 aliphatic carbocycles. The van der Waals surface area contributed by atoms with Gasteiger partial charge in [-0.3, -0.25) is 19.2 Å². The number of carbonyl (C=O) groups excluding carboxylic acids is 3. The summed E-state index contributed by atoms with van der Waals surface area (Å²) >= 11 is 0. The van der Waals surface area contributed by atoms with E-state index in [9.17, 15) is 14.4 Å². The molecule has 8 heteroatoms. The number of rotatable bonds is 5. The number of anilines is 1. The Hall–Kier alpha value is -3.16. The summed E-state index contributed by atoms with van der Waals surface area (Å²) in [6.07, 6.45) is 7.76. The molecule has 2 heterocycles. The van der Waals surface area contributed by atoms with E-state index in [1.807, 2.05) is 30.5 Å². The highest BCUT2D eigenvalue weighted by molar-refractivity contribution is 6.10. The van der Waals surface area contributed by atoms with Crippen molar-refractivity contribution in [3.63, 3.8) is 0 Å². The summed E-state index contributed by atoms with van der Waals surface area (Å²) in [5.41, 5.74) is 0.797. The lowest BCUT2D eigenvalue weighted by Gasteiger charge is -2.30. The quantitative estimate of drug-likeness (QED) is 0.776. The zero-order chi connectivity index (χ0) is 19.6. The summed E-state index contributed by atoms with van der Waals surface area (Å²) in [6.45, 7) is 0.308. The summed E-state index contributed by atoms with van der Waals surface area (Å²) in [5.74, 6) is -0.674. The average Bonchev–Trinajstić information content (AvgIpc) is 3.26. The van der Waals surface area contributed by atoms with Crippen molar-refractivity contribution in [3.05, 3.63) is 48.3 Å². The van der Waals surface area contributed by atoms with Crippen LogP contribution in [0.25, 0.3) is 0 Å². The monoisotopic (exact) mass is 381 g/mol. The Morgan fingerprint density at radius 1 is 1.18 bits per heavy atom. The molecule has 2 fully saturated rings. The van der Waals surface area contributed by atoms with Crippen molar-refractivity contribution in [3.8, 4) is 0 Å². The topological polar surface area (TPSA) is 96.3 Å². The van der Waals surface area contributed by atoms with Gasteiger partial charge in [0.15, 0.2) is 0 Å². The summed E-state index contributed by atoms with van der Waals surface area (Å²) in [4.78, 5) is 38.5. The fraction of sp³-hybridized carbons (Fsp3) is 0.400. The van der Waals surface area contributed by atoms with Gasteiger partial charge in [0.05, 0.1) is 6.54 Å². The lowest BCUT2D eigenvalue weighted by Crippen LogP contribution is -2.48. The first-order chi connectivity index (χ1) is 13.6. The van der Waals surface area contributed by atoms with Crippen LogP contribution in [-0.4, -0.2) is 44.6 Å². The van der Waals surface area contributed by atoms with Crippen LogP contribution >= 0.6 is 0 Å². The molecule has 1 saturated heterocycles. The van der Waals surface area contributed by atoms with E-state index < -0.39 is 17.5 Å². The molecular weight excluding hydrogens is 358 g/mol. The number of carbonyl (C=O) groups is 3. The minimum Gasteiger partial charge on any atom is -0.325 e. The summed E-state index contributed by atoms with van der Waals surface area (Å²) in [6, 6.07) is 8.80. The Balaban J connectivity index is 1.39. The first-order valence-corrected chi connectivity index (χ1v) is 9.56. The number of hydrogen-bond donors (Lipinski definition) is 2. The third-order valence-electron chi connectivity index (χ3n) is 5.37. The van der Waals surface area contributed by atoms with Crippen LogP contribution < -0.4 is 10.6 Å². The third-order valence-corrected chi connectivity index (χ3v) is 5.37. The molecule has 1 spiro atoms. The number of urea groups is 1. The molecule has 0 atom stereocenters. The second kappa shape index (κ2) is 7.46. The Morgan fingerprint density at radius 3 is 2.75 bits per heavy atom. The molecule has 1 aliphatic heterocycles. The molecule has 0 bridgehead atoms. The predicted octanol–water partition coefficient (Wildman–Crippen LogP) is 2.12. The van der Waals surface area contributed by atoms with Gasteiger partial charge in [0.2, 0.25) is 5.91 Å². The lowest BCUT2D eigenvalue weighted by atomic mass is 9.82. The van der Waals surface area contributed by atoms with E-state index >= 15 is 0 Å². The molecule has 1 aromatic carbocycles. The van der Waals surface area contributed by atoms with Crippen molar-refractivity contribution < 1.29 is 14.4 Å². The van der Waals surface area contributed by atoms with Crippen LogP contribution in [0.1, 0.15) is 37.7 Å². The summed E-state index contributed by atoms with van der Waals surface area (Å²) in [7, 11) is 0. The molecular formula is C20H23N5O3.